The summed E-state index contributed by atoms with van der Waals surface area (Å²) in [6.45, 7) is 1.77. The van der Waals surface area contributed by atoms with E-state index in [4.69, 9.17) is 4.74 Å². The highest BCUT2D eigenvalue weighted by atomic mass is 16.5. The number of H-pyrrole nitrogens is 1. The van der Waals surface area contributed by atoms with Crippen LogP contribution in [0.3, 0.4) is 0 Å². The first-order chi connectivity index (χ1) is 9.19. The van der Waals surface area contributed by atoms with Gasteiger partial charge < -0.3 is 14.3 Å². The standard InChI is InChI=1S/C14H13N3O2/c1-9-15-13-12(14(18)16-9)7-8-17(13)10-3-5-11(19-2)6-4-10/h3-8H,1-2H3,(H,15,16,18). The molecule has 3 aromatic rings. The van der Waals surface area contributed by atoms with Crippen LogP contribution in [0, 0.1) is 6.92 Å². The van der Waals surface area contributed by atoms with Crippen LogP contribution in [-0.4, -0.2) is 21.6 Å². The molecule has 0 aliphatic carbocycles. The molecule has 5 nitrogen and oxygen atoms in total. The van der Waals surface area contributed by atoms with Gasteiger partial charge in [-0.25, -0.2) is 4.98 Å². The molecule has 1 N–H and O–H groups in total. The molecule has 1 aromatic carbocycles. The molecule has 2 heterocycles. The number of methoxy groups -OCH3 is 1. The van der Waals surface area contributed by atoms with Gasteiger partial charge in [-0.1, -0.05) is 0 Å². The van der Waals surface area contributed by atoms with Crippen molar-refractivity contribution < 1.29 is 4.74 Å². The monoisotopic (exact) mass is 255 g/mol. The minimum absolute atomic E-state index is 0.116. The third-order valence-corrected chi connectivity index (χ3v) is 3.02. The van der Waals surface area contributed by atoms with Gasteiger partial charge in [-0.2, -0.15) is 0 Å². The molecule has 5 heteroatoms. The summed E-state index contributed by atoms with van der Waals surface area (Å²) in [6, 6.07) is 9.38. The van der Waals surface area contributed by atoms with Crippen molar-refractivity contribution >= 4 is 11.0 Å². The molecule has 0 aliphatic heterocycles. The predicted octanol–water partition coefficient (Wildman–Crippen LogP) is 2.03. The Morgan fingerprint density at radius 1 is 1.21 bits per heavy atom. The van der Waals surface area contributed by atoms with Crippen LogP contribution in [0.4, 0.5) is 0 Å². The number of benzene rings is 1. The average molecular weight is 255 g/mol. The molecule has 3 rings (SSSR count). The van der Waals surface area contributed by atoms with E-state index in [9.17, 15) is 4.79 Å². The van der Waals surface area contributed by atoms with Gasteiger partial charge in [0.1, 0.15) is 11.6 Å². The van der Waals surface area contributed by atoms with E-state index in [0.717, 1.165) is 11.4 Å². The summed E-state index contributed by atoms with van der Waals surface area (Å²) in [5.41, 5.74) is 1.48. The Labute approximate surface area is 109 Å². The zero-order valence-corrected chi connectivity index (χ0v) is 10.7. The van der Waals surface area contributed by atoms with E-state index in [1.165, 1.54) is 0 Å². The topological polar surface area (TPSA) is 59.9 Å². The van der Waals surface area contributed by atoms with E-state index < -0.39 is 0 Å². The summed E-state index contributed by atoms with van der Waals surface area (Å²) < 4.78 is 7.02. The maximum Gasteiger partial charge on any atom is 0.260 e. The molecule has 0 unspecified atom stereocenters. The van der Waals surface area contributed by atoms with Gasteiger partial charge in [-0.3, -0.25) is 4.79 Å². The van der Waals surface area contributed by atoms with Gasteiger partial charge in [0, 0.05) is 11.9 Å². The first-order valence-electron chi connectivity index (χ1n) is 5.91. The van der Waals surface area contributed by atoms with E-state index in [1.807, 2.05) is 35.0 Å². The fraction of sp³-hybridized carbons (Fsp3) is 0.143. The van der Waals surface area contributed by atoms with Crippen molar-refractivity contribution in [2.45, 2.75) is 6.92 Å². The fourth-order valence-corrected chi connectivity index (χ4v) is 2.08. The number of ether oxygens (including phenoxy) is 1. The van der Waals surface area contributed by atoms with Gasteiger partial charge in [0.05, 0.1) is 12.5 Å². The molecule has 0 aliphatic rings. The second-order valence-electron chi connectivity index (χ2n) is 4.27. The van der Waals surface area contributed by atoms with Crippen molar-refractivity contribution in [1.82, 2.24) is 14.5 Å². The van der Waals surface area contributed by atoms with Crippen molar-refractivity contribution in [3.8, 4) is 11.4 Å². The third kappa shape index (κ3) is 1.89. The number of aromatic nitrogens is 3. The highest BCUT2D eigenvalue weighted by Crippen LogP contribution is 2.19. The molecule has 0 spiro atoms. The van der Waals surface area contributed by atoms with Crippen molar-refractivity contribution in [3.63, 3.8) is 0 Å². The molecule has 96 valence electrons. The zero-order chi connectivity index (χ0) is 13.4. The van der Waals surface area contributed by atoms with Crippen LogP contribution in [0.2, 0.25) is 0 Å². The van der Waals surface area contributed by atoms with Gasteiger partial charge in [-0.15, -0.1) is 0 Å². The molecule has 0 saturated heterocycles. The number of aryl methyl sites for hydroxylation is 1. The Bertz CT molecular complexity index is 785. The number of hydrogen-bond donors (Lipinski definition) is 1. The Morgan fingerprint density at radius 2 is 1.95 bits per heavy atom. The molecule has 0 amide bonds. The molecule has 0 fully saturated rings. The van der Waals surface area contributed by atoms with Crippen molar-refractivity contribution in [2.24, 2.45) is 0 Å². The van der Waals surface area contributed by atoms with E-state index in [0.29, 0.717) is 16.9 Å². The molecular formula is C14H13N3O2. The van der Waals surface area contributed by atoms with Crippen LogP contribution in [0.25, 0.3) is 16.7 Å². The smallest absolute Gasteiger partial charge is 0.260 e. The lowest BCUT2D eigenvalue weighted by Gasteiger charge is -2.06. The van der Waals surface area contributed by atoms with Gasteiger partial charge in [-0.05, 0) is 37.3 Å². The largest absolute Gasteiger partial charge is 0.497 e. The van der Waals surface area contributed by atoms with Crippen molar-refractivity contribution in [3.05, 3.63) is 52.7 Å². The zero-order valence-electron chi connectivity index (χ0n) is 10.7. The fourth-order valence-electron chi connectivity index (χ4n) is 2.08. The Kier molecular flexibility index (Phi) is 2.59. The van der Waals surface area contributed by atoms with E-state index in [1.54, 1.807) is 20.1 Å². The molecule has 0 radical (unpaired) electrons. The van der Waals surface area contributed by atoms with Gasteiger partial charge in [0.2, 0.25) is 0 Å². The SMILES string of the molecule is COc1ccc(-n2ccc3c(=O)[nH]c(C)nc32)cc1. The van der Waals surface area contributed by atoms with Crippen molar-refractivity contribution in [2.75, 3.05) is 7.11 Å². The summed E-state index contributed by atoms with van der Waals surface area (Å²) in [4.78, 5) is 18.9. The van der Waals surface area contributed by atoms with E-state index in [2.05, 4.69) is 9.97 Å². The molecule has 19 heavy (non-hydrogen) atoms. The van der Waals surface area contributed by atoms with Crippen LogP contribution in [0.15, 0.2) is 41.3 Å². The molecule has 0 bridgehead atoms. The van der Waals surface area contributed by atoms with Crippen LogP contribution in [0.5, 0.6) is 5.75 Å². The van der Waals surface area contributed by atoms with E-state index in [-0.39, 0.29) is 5.56 Å². The molecule has 0 saturated carbocycles. The predicted molar refractivity (Wildman–Crippen MR) is 73.0 cm³/mol. The minimum Gasteiger partial charge on any atom is -0.497 e. The average Bonchev–Trinajstić information content (AvgIpc) is 2.83. The van der Waals surface area contributed by atoms with Gasteiger partial charge in [0.15, 0.2) is 5.65 Å². The second kappa shape index (κ2) is 4.28. The molecule has 0 atom stereocenters. The summed E-state index contributed by atoms with van der Waals surface area (Å²) in [5, 5.41) is 0.585. The van der Waals surface area contributed by atoms with Gasteiger partial charge >= 0.3 is 0 Å². The number of hydrogen-bond acceptors (Lipinski definition) is 3. The quantitative estimate of drug-likeness (QED) is 0.762. The molecule has 2 aromatic heterocycles. The first kappa shape index (κ1) is 11.5. The normalized spacial score (nSPS) is 10.8. The summed E-state index contributed by atoms with van der Waals surface area (Å²) >= 11 is 0. The number of rotatable bonds is 2. The lowest BCUT2D eigenvalue weighted by atomic mass is 10.3. The number of aromatic amines is 1. The summed E-state index contributed by atoms with van der Waals surface area (Å²) in [5.74, 6) is 1.40. The number of nitrogens with one attached hydrogen (secondary N) is 1. The minimum atomic E-state index is -0.116. The first-order valence-corrected chi connectivity index (χ1v) is 5.91. The highest BCUT2D eigenvalue weighted by molar-refractivity contribution is 5.77. The Balaban J connectivity index is 2.22. The molecular weight excluding hydrogens is 242 g/mol. The number of fused-ring (bicyclic) bond motifs is 1. The van der Waals surface area contributed by atoms with E-state index >= 15 is 0 Å². The summed E-state index contributed by atoms with van der Waals surface area (Å²) in [6.07, 6.45) is 1.84. The Hall–Kier alpha value is -2.56. The number of nitrogens with zero attached hydrogens (tertiary/aromatic N) is 2. The lowest BCUT2D eigenvalue weighted by molar-refractivity contribution is 0.415. The maximum atomic E-state index is 11.8. The van der Waals surface area contributed by atoms with Crippen molar-refractivity contribution in [1.29, 1.82) is 0 Å². The summed E-state index contributed by atoms with van der Waals surface area (Å²) in [7, 11) is 1.63. The van der Waals surface area contributed by atoms with Gasteiger partial charge in [0.25, 0.3) is 5.56 Å². The van der Waals surface area contributed by atoms with Crippen LogP contribution >= 0.6 is 0 Å². The lowest BCUT2D eigenvalue weighted by Crippen LogP contribution is -2.09. The maximum absolute atomic E-state index is 11.8. The third-order valence-electron chi connectivity index (χ3n) is 3.02. The van der Waals surface area contributed by atoms with Crippen LogP contribution in [0.1, 0.15) is 5.82 Å². The van der Waals surface area contributed by atoms with Crippen LogP contribution < -0.4 is 10.3 Å². The van der Waals surface area contributed by atoms with Crippen LogP contribution in [-0.2, 0) is 0 Å². The Morgan fingerprint density at radius 3 is 2.63 bits per heavy atom. The highest BCUT2D eigenvalue weighted by Gasteiger charge is 2.08. The second-order valence-corrected chi connectivity index (χ2v) is 4.27.